The van der Waals surface area contributed by atoms with E-state index in [0.29, 0.717) is 5.69 Å². The van der Waals surface area contributed by atoms with Crippen LogP contribution in [0.4, 0.5) is 4.79 Å². The Labute approximate surface area is 231 Å². The van der Waals surface area contributed by atoms with Crippen molar-refractivity contribution in [1.82, 2.24) is 24.8 Å². The molecule has 208 valence electrons. The zero-order valence-corrected chi connectivity index (χ0v) is 24.2. The number of carbonyl (C=O) groups excluding carboxylic acids is 1. The number of aliphatic hydroxyl groups is 1. The fourth-order valence-electron chi connectivity index (χ4n) is 4.91. The molecular weight excluding hydrogens is 490 g/mol. The summed E-state index contributed by atoms with van der Waals surface area (Å²) in [5.41, 5.74) is 6.41. The molecule has 1 aromatic carbocycles. The van der Waals surface area contributed by atoms with Gasteiger partial charge in [0.05, 0.1) is 17.7 Å². The normalized spacial score (nSPS) is 16.5. The number of aromatic nitrogens is 3. The number of hydrogen-bond acceptors (Lipinski definition) is 6. The van der Waals surface area contributed by atoms with E-state index in [-0.39, 0.29) is 11.7 Å². The number of pyridine rings is 1. The molecule has 1 aliphatic heterocycles. The molecule has 8 nitrogen and oxygen atoms in total. The van der Waals surface area contributed by atoms with Gasteiger partial charge in [0.2, 0.25) is 0 Å². The van der Waals surface area contributed by atoms with Crippen molar-refractivity contribution in [1.29, 1.82) is 0 Å². The third-order valence-electron chi connectivity index (χ3n) is 7.12. The van der Waals surface area contributed by atoms with E-state index < -0.39 is 5.60 Å². The van der Waals surface area contributed by atoms with Crippen molar-refractivity contribution in [2.75, 3.05) is 26.2 Å². The van der Waals surface area contributed by atoms with Crippen LogP contribution in [0.2, 0.25) is 0 Å². The molecule has 1 aliphatic carbocycles. The van der Waals surface area contributed by atoms with E-state index in [1.54, 1.807) is 11.2 Å². The summed E-state index contributed by atoms with van der Waals surface area (Å²) in [5.74, 6) is 0. The standard InChI is InChI=1S/C22H23N3O.C9H18N2O2/c1-14-7-8-16-12-20-17(6-5-9-23-20)11-19(18(16)10-14)22(3,26)21-15(2)25(4)13-24-21;1-9(2,3)13-8(12)11-6-4-10-5-7-11/h5-11,13,26H,12H2,1-4H3;10H,4-7H2,1-3H3. The van der Waals surface area contributed by atoms with Crippen molar-refractivity contribution in [3.8, 4) is 0 Å². The first-order valence-electron chi connectivity index (χ1n) is 13.5. The molecule has 3 aromatic rings. The smallest absolute Gasteiger partial charge is 0.410 e. The van der Waals surface area contributed by atoms with Crippen molar-refractivity contribution in [2.24, 2.45) is 7.05 Å². The van der Waals surface area contributed by atoms with Gasteiger partial charge < -0.3 is 24.6 Å². The number of ether oxygens (including phenoxy) is 1. The second-order valence-corrected chi connectivity index (χ2v) is 11.5. The molecule has 0 bridgehead atoms. The number of amides is 1. The van der Waals surface area contributed by atoms with E-state index >= 15 is 0 Å². The molecule has 39 heavy (non-hydrogen) atoms. The van der Waals surface area contributed by atoms with Gasteiger partial charge in [0.25, 0.3) is 0 Å². The van der Waals surface area contributed by atoms with Gasteiger partial charge in [0, 0.05) is 51.5 Å². The SMILES string of the molecule is CC(C)(C)OC(=O)N1CCNCC1.Cc1ccc2c(c1)C(C(C)(O)c1ncn(C)c1C)=Cc1cccnc1C2. The Bertz CT molecular complexity index is 1360. The molecule has 2 aromatic heterocycles. The molecule has 0 spiro atoms. The quantitative estimate of drug-likeness (QED) is 0.502. The van der Waals surface area contributed by atoms with Gasteiger partial charge in [-0.3, -0.25) is 4.98 Å². The van der Waals surface area contributed by atoms with Crippen molar-refractivity contribution in [3.05, 3.63) is 82.2 Å². The highest BCUT2D eigenvalue weighted by atomic mass is 16.6. The van der Waals surface area contributed by atoms with Crippen LogP contribution in [0.1, 0.15) is 67.0 Å². The molecule has 0 radical (unpaired) electrons. The lowest BCUT2D eigenvalue weighted by Crippen LogP contribution is -2.48. The maximum absolute atomic E-state index is 11.6. The Morgan fingerprint density at radius 1 is 1.08 bits per heavy atom. The second kappa shape index (κ2) is 11.3. The zero-order valence-electron chi connectivity index (χ0n) is 24.2. The van der Waals surface area contributed by atoms with Crippen molar-refractivity contribution in [2.45, 2.75) is 59.2 Å². The number of carbonyl (C=O) groups is 1. The molecular formula is C31H41N5O3. The molecule has 3 heterocycles. The summed E-state index contributed by atoms with van der Waals surface area (Å²) in [6.07, 6.45) is 6.20. The van der Waals surface area contributed by atoms with Gasteiger partial charge in [-0.2, -0.15) is 0 Å². The fraction of sp³-hybridized carbons (Fsp3) is 0.452. The van der Waals surface area contributed by atoms with Gasteiger partial charge in [-0.15, -0.1) is 0 Å². The van der Waals surface area contributed by atoms with Crippen LogP contribution in [0.25, 0.3) is 11.6 Å². The predicted molar refractivity (Wildman–Crippen MR) is 154 cm³/mol. The molecule has 2 N–H and O–H groups in total. The molecule has 1 saturated heterocycles. The number of nitrogens with one attached hydrogen (secondary N) is 1. The minimum atomic E-state index is -1.20. The van der Waals surface area contributed by atoms with Gasteiger partial charge >= 0.3 is 6.09 Å². The number of imidazole rings is 1. The molecule has 2 aliphatic rings. The lowest BCUT2D eigenvalue weighted by Gasteiger charge is -2.30. The largest absolute Gasteiger partial charge is 0.444 e. The average Bonchev–Trinajstić information content (AvgIpc) is 3.13. The van der Waals surface area contributed by atoms with Crippen molar-refractivity contribution < 1.29 is 14.6 Å². The summed E-state index contributed by atoms with van der Waals surface area (Å²) in [6.45, 7) is 14.8. The van der Waals surface area contributed by atoms with Crippen LogP contribution in [0, 0.1) is 13.8 Å². The Kier molecular flexibility index (Phi) is 8.28. The van der Waals surface area contributed by atoms with Gasteiger partial charge in [-0.05, 0) is 75.9 Å². The summed E-state index contributed by atoms with van der Waals surface area (Å²) >= 11 is 0. The van der Waals surface area contributed by atoms with E-state index in [9.17, 15) is 9.90 Å². The number of benzene rings is 1. The van der Waals surface area contributed by atoms with Crippen LogP contribution in [-0.4, -0.2) is 62.4 Å². The first-order chi connectivity index (χ1) is 18.4. The zero-order chi connectivity index (χ0) is 28.4. The van der Waals surface area contributed by atoms with Crippen LogP contribution in [0.15, 0.2) is 42.9 Å². The maximum Gasteiger partial charge on any atom is 0.410 e. The van der Waals surface area contributed by atoms with Crippen LogP contribution < -0.4 is 5.32 Å². The minimum absolute atomic E-state index is 0.200. The molecule has 1 amide bonds. The molecule has 5 rings (SSSR count). The summed E-state index contributed by atoms with van der Waals surface area (Å²) in [6, 6.07) is 10.4. The van der Waals surface area contributed by atoms with Crippen LogP contribution in [0.3, 0.4) is 0 Å². The highest BCUT2D eigenvalue weighted by molar-refractivity contribution is 5.89. The van der Waals surface area contributed by atoms with Crippen LogP contribution in [-0.2, 0) is 23.8 Å². The van der Waals surface area contributed by atoms with Crippen LogP contribution >= 0.6 is 0 Å². The van der Waals surface area contributed by atoms with E-state index in [0.717, 1.165) is 60.7 Å². The molecule has 0 saturated carbocycles. The Balaban J connectivity index is 0.000000229. The summed E-state index contributed by atoms with van der Waals surface area (Å²) in [5, 5.41) is 14.8. The summed E-state index contributed by atoms with van der Waals surface area (Å²) in [7, 11) is 1.95. The molecule has 1 fully saturated rings. The first kappa shape index (κ1) is 28.5. The Morgan fingerprint density at radius 2 is 1.79 bits per heavy atom. The lowest BCUT2D eigenvalue weighted by molar-refractivity contribution is 0.0229. The van der Waals surface area contributed by atoms with Gasteiger partial charge in [0.15, 0.2) is 0 Å². The Hall–Kier alpha value is -3.49. The monoisotopic (exact) mass is 531 g/mol. The number of hydrogen-bond donors (Lipinski definition) is 2. The lowest BCUT2D eigenvalue weighted by atomic mass is 9.83. The third kappa shape index (κ3) is 6.57. The highest BCUT2D eigenvalue weighted by Gasteiger charge is 2.35. The number of fused-ring (bicyclic) bond motifs is 2. The maximum atomic E-state index is 11.6. The van der Waals surface area contributed by atoms with E-state index in [4.69, 9.17) is 4.74 Å². The predicted octanol–water partition coefficient (Wildman–Crippen LogP) is 4.61. The number of rotatable bonds is 2. The topological polar surface area (TPSA) is 92.5 Å². The first-order valence-corrected chi connectivity index (χ1v) is 13.5. The van der Waals surface area contributed by atoms with E-state index in [1.165, 1.54) is 11.1 Å². The van der Waals surface area contributed by atoms with Crippen molar-refractivity contribution in [3.63, 3.8) is 0 Å². The van der Waals surface area contributed by atoms with E-state index in [2.05, 4.69) is 52.5 Å². The second-order valence-electron chi connectivity index (χ2n) is 11.5. The molecule has 1 atom stereocenters. The molecule has 8 heteroatoms. The highest BCUT2D eigenvalue weighted by Crippen LogP contribution is 2.42. The van der Waals surface area contributed by atoms with Crippen molar-refractivity contribution >= 4 is 17.7 Å². The summed E-state index contributed by atoms with van der Waals surface area (Å²) < 4.78 is 7.17. The van der Waals surface area contributed by atoms with E-state index in [1.807, 2.05) is 58.5 Å². The number of piperazine rings is 1. The molecule has 1 unspecified atom stereocenters. The number of nitrogens with zero attached hydrogens (tertiary/aromatic N) is 4. The summed E-state index contributed by atoms with van der Waals surface area (Å²) in [4.78, 5) is 22.3. The third-order valence-corrected chi connectivity index (χ3v) is 7.12. The minimum Gasteiger partial charge on any atom is -0.444 e. The average molecular weight is 532 g/mol. The van der Waals surface area contributed by atoms with Crippen LogP contribution in [0.5, 0.6) is 0 Å². The van der Waals surface area contributed by atoms with Gasteiger partial charge in [-0.1, -0.05) is 29.8 Å². The van der Waals surface area contributed by atoms with Gasteiger partial charge in [0.1, 0.15) is 11.2 Å². The van der Waals surface area contributed by atoms with Gasteiger partial charge in [-0.25, -0.2) is 9.78 Å². The number of aryl methyl sites for hydroxylation is 2. The fourth-order valence-corrected chi connectivity index (χ4v) is 4.91. The Morgan fingerprint density at radius 3 is 2.44 bits per heavy atom.